The highest BCUT2D eigenvalue weighted by Gasteiger charge is 2.32. The fourth-order valence-electron chi connectivity index (χ4n) is 3.07. The van der Waals surface area contributed by atoms with Gasteiger partial charge >= 0.3 is 0 Å². The number of sulfonamides is 1. The van der Waals surface area contributed by atoms with E-state index >= 15 is 0 Å². The lowest BCUT2D eigenvalue weighted by Gasteiger charge is -2.28. The quantitative estimate of drug-likeness (QED) is 0.718. The second-order valence-electron chi connectivity index (χ2n) is 6.15. The Bertz CT molecular complexity index is 991. The molecule has 4 rings (SSSR count). The first-order chi connectivity index (χ1) is 11.5. The van der Waals surface area contributed by atoms with E-state index in [0.29, 0.717) is 19.5 Å². The molecule has 0 aromatic carbocycles. The maximum Gasteiger partial charge on any atom is 0.216 e. The summed E-state index contributed by atoms with van der Waals surface area (Å²) in [6, 6.07) is 3.92. The van der Waals surface area contributed by atoms with Crippen molar-refractivity contribution in [2.24, 2.45) is 0 Å². The van der Waals surface area contributed by atoms with Crippen molar-refractivity contribution in [3.05, 3.63) is 41.3 Å². The summed E-state index contributed by atoms with van der Waals surface area (Å²) in [5.41, 5.74) is 1.19. The van der Waals surface area contributed by atoms with Crippen LogP contribution in [0.25, 0.3) is 16.0 Å². The van der Waals surface area contributed by atoms with E-state index in [9.17, 15) is 8.42 Å². The summed E-state index contributed by atoms with van der Waals surface area (Å²) in [6.07, 6.45) is 6.19. The first kappa shape index (κ1) is 15.7. The second-order valence-corrected chi connectivity index (χ2v) is 9.72. The number of hydrogen-bond donors (Lipinski definition) is 0. The summed E-state index contributed by atoms with van der Waals surface area (Å²) in [7, 11) is -3.23. The van der Waals surface area contributed by atoms with Gasteiger partial charge in [-0.05, 0) is 38.0 Å². The zero-order chi connectivity index (χ0) is 16.9. The molecule has 24 heavy (non-hydrogen) atoms. The minimum absolute atomic E-state index is 0.399. The van der Waals surface area contributed by atoms with Crippen molar-refractivity contribution in [2.45, 2.75) is 32.1 Å². The molecule has 4 heterocycles. The van der Waals surface area contributed by atoms with Gasteiger partial charge in [-0.3, -0.25) is 0 Å². The Kier molecular flexibility index (Phi) is 3.70. The highest BCUT2D eigenvalue weighted by atomic mass is 32.2. The van der Waals surface area contributed by atoms with Gasteiger partial charge < -0.3 is 4.57 Å². The van der Waals surface area contributed by atoms with Crippen LogP contribution in [0, 0.1) is 0 Å². The van der Waals surface area contributed by atoms with E-state index in [1.54, 1.807) is 35.8 Å². The highest BCUT2D eigenvalue weighted by molar-refractivity contribution is 7.89. The SMILES string of the molecule is CC(C)S(=O)(=O)N1CCc2c(sc3ncnc(-n4cccc4)c23)C1. The van der Waals surface area contributed by atoms with Crippen LogP contribution in [-0.4, -0.2) is 39.1 Å². The predicted octanol–water partition coefficient (Wildman–Crippen LogP) is 2.58. The van der Waals surface area contributed by atoms with Crippen LogP contribution in [0.3, 0.4) is 0 Å². The van der Waals surface area contributed by atoms with Crippen LogP contribution in [-0.2, 0) is 23.0 Å². The van der Waals surface area contributed by atoms with Crippen LogP contribution in [0.4, 0.5) is 0 Å². The number of thiophene rings is 1. The average molecular weight is 362 g/mol. The van der Waals surface area contributed by atoms with Gasteiger partial charge in [0.1, 0.15) is 17.0 Å². The largest absolute Gasteiger partial charge is 0.308 e. The molecule has 0 unspecified atom stereocenters. The molecule has 6 nitrogen and oxygen atoms in total. The van der Waals surface area contributed by atoms with Crippen molar-refractivity contribution in [1.82, 2.24) is 18.8 Å². The molecule has 0 bridgehead atoms. The maximum atomic E-state index is 12.5. The Labute approximate surface area is 144 Å². The van der Waals surface area contributed by atoms with Crippen LogP contribution in [0.1, 0.15) is 24.3 Å². The van der Waals surface area contributed by atoms with E-state index in [1.165, 1.54) is 5.56 Å². The standard InChI is InChI=1S/C16H18N4O2S2/c1-11(2)24(21,22)20-8-5-12-13(9-20)23-16-14(12)15(17-10-18-16)19-6-3-4-7-19/h3-4,6-7,10-11H,5,8-9H2,1-2H3. The van der Waals surface area contributed by atoms with Crippen LogP contribution in [0.15, 0.2) is 30.9 Å². The van der Waals surface area contributed by atoms with E-state index < -0.39 is 15.3 Å². The first-order valence-corrected chi connectivity index (χ1v) is 10.2. The Morgan fingerprint density at radius 3 is 2.67 bits per heavy atom. The van der Waals surface area contributed by atoms with E-state index in [0.717, 1.165) is 20.9 Å². The lowest BCUT2D eigenvalue weighted by Crippen LogP contribution is -2.39. The third-order valence-corrected chi connectivity index (χ3v) is 7.73. The fourth-order valence-corrected chi connectivity index (χ4v) is 5.60. The van der Waals surface area contributed by atoms with Crippen molar-refractivity contribution >= 4 is 31.6 Å². The Hall–Kier alpha value is -1.77. The van der Waals surface area contributed by atoms with Gasteiger partial charge in [-0.25, -0.2) is 18.4 Å². The molecule has 0 atom stereocenters. The number of nitrogens with zero attached hydrogens (tertiary/aromatic N) is 4. The smallest absolute Gasteiger partial charge is 0.216 e. The topological polar surface area (TPSA) is 68.1 Å². The van der Waals surface area contributed by atoms with Gasteiger partial charge in [0.05, 0.1) is 10.6 Å². The minimum atomic E-state index is -3.23. The Morgan fingerprint density at radius 2 is 1.96 bits per heavy atom. The molecule has 8 heteroatoms. The van der Waals surface area contributed by atoms with Gasteiger partial charge in [-0.2, -0.15) is 4.31 Å². The zero-order valence-electron chi connectivity index (χ0n) is 13.5. The minimum Gasteiger partial charge on any atom is -0.308 e. The molecule has 1 aliphatic heterocycles. The van der Waals surface area contributed by atoms with Crippen molar-refractivity contribution in [1.29, 1.82) is 0 Å². The molecule has 0 N–H and O–H groups in total. The molecule has 0 fully saturated rings. The predicted molar refractivity (Wildman–Crippen MR) is 94.9 cm³/mol. The number of hydrogen-bond acceptors (Lipinski definition) is 5. The maximum absolute atomic E-state index is 12.5. The molecule has 0 spiro atoms. The van der Waals surface area contributed by atoms with E-state index in [4.69, 9.17) is 0 Å². The molecule has 0 radical (unpaired) electrons. The molecule has 126 valence electrons. The summed E-state index contributed by atoms with van der Waals surface area (Å²) < 4.78 is 28.5. The number of aromatic nitrogens is 3. The van der Waals surface area contributed by atoms with Crippen molar-refractivity contribution in [3.63, 3.8) is 0 Å². The lowest BCUT2D eigenvalue weighted by molar-refractivity contribution is 0.392. The lowest BCUT2D eigenvalue weighted by atomic mass is 10.1. The molecular formula is C16H18N4O2S2. The van der Waals surface area contributed by atoms with Gasteiger partial charge in [0.25, 0.3) is 0 Å². The van der Waals surface area contributed by atoms with Crippen LogP contribution in [0.2, 0.25) is 0 Å². The van der Waals surface area contributed by atoms with Crippen LogP contribution in [0.5, 0.6) is 0 Å². The van der Waals surface area contributed by atoms with E-state index in [-0.39, 0.29) is 0 Å². The Balaban J connectivity index is 1.82. The third-order valence-electron chi connectivity index (χ3n) is 4.39. The van der Waals surface area contributed by atoms with Crippen molar-refractivity contribution < 1.29 is 8.42 Å². The molecule has 0 aliphatic carbocycles. The second kappa shape index (κ2) is 5.65. The summed E-state index contributed by atoms with van der Waals surface area (Å²) in [6.45, 7) is 4.40. The van der Waals surface area contributed by atoms with Crippen molar-refractivity contribution in [2.75, 3.05) is 6.54 Å². The molecule has 3 aromatic rings. The molecular weight excluding hydrogens is 344 g/mol. The summed E-state index contributed by atoms with van der Waals surface area (Å²) in [5.74, 6) is 0.864. The fraction of sp³-hybridized carbons (Fsp3) is 0.375. The Morgan fingerprint density at radius 1 is 1.21 bits per heavy atom. The zero-order valence-corrected chi connectivity index (χ0v) is 15.1. The van der Waals surface area contributed by atoms with Crippen LogP contribution >= 0.6 is 11.3 Å². The van der Waals surface area contributed by atoms with Crippen LogP contribution < -0.4 is 0 Å². The van der Waals surface area contributed by atoms with E-state index in [2.05, 4.69) is 9.97 Å². The monoisotopic (exact) mass is 362 g/mol. The van der Waals surface area contributed by atoms with E-state index in [1.807, 2.05) is 29.1 Å². The number of rotatable bonds is 3. The van der Waals surface area contributed by atoms with Gasteiger partial charge in [0.15, 0.2) is 0 Å². The average Bonchev–Trinajstić information content (AvgIpc) is 3.21. The van der Waals surface area contributed by atoms with Gasteiger partial charge in [0.2, 0.25) is 10.0 Å². The normalized spacial score (nSPS) is 16.0. The number of fused-ring (bicyclic) bond motifs is 3. The van der Waals surface area contributed by atoms with Gasteiger partial charge in [-0.15, -0.1) is 11.3 Å². The summed E-state index contributed by atoms with van der Waals surface area (Å²) in [4.78, 5) is 10.9. The summed E-state index contributed by atoms with van der Waals surface area (Å²) >= 11 is 1.57. The highest BCUT2D eigenvalue weighted by Crippen LogP contribution is 2.37. The molecule has 0 saturated carbocycles. The van der Waals surface area contributed by atoms with Gasteiger partial charge in [0, 0.05) is 30.4 Å². The molecule has 0 saturated heterocycles. The molecule has 1 aliphatic rings. The molecule has 0 amide bonds. The molecule has 3 aromatic heterocycles. The van der Waals surface area contributed by atoms with Gasteiger partial charge in [-0.1, -0.05) is 0 Å². The third kappa shape index (κ3) is 2.37. The first-order valence-electron chi connectivity index (χ1n) is 7.86. The van der Waals surface area contributed by atoms with Crippen molar-refractivity contribution in [3.8, 4) is 5.82 Å². The summed E-state index contributed by atoms with van der Waals surface area (Å²) in [5, 5.41) is 0.652.